The zero-order valence-electron chi connectivity index (χ0n) is 11.4. The minimum Gasteiger partial charge on any atom is -0.294 e. The van der Waals surface area contributed by atoms with E-state index in [0.29, 0.717) is 18.5 Å². The van der Waals surface area contributed by atoms with Crippen molar-refractivity contribution in [3.05, 3.63) is 35.4 Å². The smallest absolute Gasteiger partial charge is 0.0669 e. The van der Waals surface area contributed by atoms with Crippen molar-refractivity contribution < 1.29 is 0 Å². The molecule has 18 heavy (non-hydrogen) atoms. The van der Waals surface area contributed by atoms with E-state index in [0.717, 1.165) is 12.1 Å². The number of hydrogen-bond acceptors (Lipinski definition) is 2. The van der Waals surface area contributed by atoms with E-state index in [-0.39, 0.29) is 0 Å². The summed E-state index contributed by atoms with van der Waals surface area (Å²) in [6.07, 6.45) is 4.48. The van der Waals surface area contributed by atoms with Crippen LogP contribution in [0.25, 0.3) is 0 Å². The molecule has 0 saturated carbocycles. The van der Waals surface area contributed by atoms with Crippen molar-refractivity contribution in [1.82, 2.24) is 4.90 Å². The van der Waals surface area contributed by atoms with E-state index in [1.165, 1.54) is 24.8 Å². The average molecular weight is 242 g/mol. The molecule has 1 saturated heterocycles. The lowest BCUT2D eigenvalue weighted by atomic mass is 9.96. The molecule has 1 aliphatic rings. The Balaban J connectivity index is 2.08. The molecule has 0 bridgehead atoms. The summed E-state index contributed by atoms with van der Waals surface area (Å²) in [5.74, 6) is 0. The maximum Gasteiger partial charge on any atom is 0.0669 e. The highest BCUT2D eigenvalue weighted by Crippen LogP contribution is 2.24. The average Bonchev–Trinajstić information content (AvgIpc) is 2.35. The Bertz CT molecular complexity index is 423. The van der Waals surface area contributed by atoms with Crippen molar-refractivity contribution in [2.75, 3.05) is 0 Å². The molecule has 1 fully saturated rings. The lowest BCUT2D eigenvalue weighted by molar-refractivity contribution is 0.0952. The summed E-state index contributed by atoms with van der Waals surface area (Å²) in [5, 5.41) is 8.76. The first-order valence-corrected chi connectivity index (χ1v) is 6.91. The number of benzene rings is 1. The number of hydrogen-bond donors (Lipinski definition) is 0. The maximum atomic E-state index is 8.76. The first-order chi connectivity index (χ1) is 8.70. The van der Waals surface area contributed by atoms with Crippen molar-refractivity contribution in [1.29, 1.82) is 5.26 Å². The van der Waals surface area contributed by atoms with Gasteiger partial charge in [0.2, 0.25) is 0 Å². The Morgan fingerprint density at radius 1 is 1.22 bits per heavy atom. The SMILES string of the molecule is CC1CCCC(C)N1Cc1cccc(CC#N)c1. The van der Waals surface area contributed by atoms with E-state index in [1.54, 1.807) is 0 Å². The first-order valence-electron chi connectivity index (χ1n) is 6.91. The number of piperidine rings is 1. The third-order valence-electron chi connectivity index (χ3n) is 4.02. The molecule has 2 nitrogen and oxygen atoms in total. The lowest BCUT2D eigenvalue weighted by Crippen LogP contribution is -2.42. The van der Waals surface area contributed by atoms with Crippen LogP contribution in [-0.4, -0.2) is 17.0 Å². The van der Waals surface area contributed by atoms with Gasteiger partial charge in [-0.2, -0.15) is 5.26 Å². The molecule has 1 aliphatic heterocycles. The van der Waals surface area contributed by atoms with Gasteiger partial charge in [-0.1, -0.05) is 30.7 Å². The summed E-state index contributed by atoms with van der Waals surface area (Å²) < 4.78 is 0. The second-order valence-electron chi connectivity index (χ2n) is 5.46. The molecule has 0 amide bonds. The fraction of sp³-hybridized carbons (Fsp3) is 0.562. The molecule has 1 aromatic rings. The van der Waals surface area contributed by atoms with Crippen LogP contribution in [0.3, 0.4) is 0 Å². The zero-order valence-corrected chi connectivity index (χ0v) is 11.4. The number of rotatable bonds is 3. The summed E-state index contributed by atoms with van der Waals surface area (Å²) in [7, 11) is 0. The standard InChI is InChI=1S/C16H22N2/c1-13-5-3-6-14(2)18(13)12-16-8-4-7-15(11-16)9-10-17/h4,7-8,11,13-14H,3,5-6,9,12H2,1-2H3. The van der Waals surface area contributed by atoms with E-state index in [9.17, 15) is 0 Å². The summed E-state index contributed by atoms with van der Waals surface area (Å²) >= 11 is 0. The third-order valence-corrected chi connectivity index (χ3v) is 4.02. The lowest BCUT2D eigenvalue weighted by Gasteiger charge is -2.39. The molecular weight excluding hydrogens is 220 g/mol. The van der Waals surface area contributed by atoms with Gasteiger partial charge in [0.1, 0.15) is 0 Å². The van der Waals surface area contributed by atoms with Crippen LogP contribution in [0.2, 0.25) is 0 Å². The molecule has 2 heteroatoms. The summed E-state index contributed by atoms with van der Waals surface area (Å²) in [5.41, 5.74) is 2.47. The van der Waals surface area contributed by atoms with Crippen molar-refractivity contribution in [2.24, 2.45) is 0 Å². The van der Waals surface area contributed by atoms with Gasteiger partial charge in [-0.25, -0.2) is 0 Å². The predicted molar refractivity (Wildman–Crippen MR) is 74.1 cm³/mol. The highest BCUT2D eigenvalue weighted by atomic mass is 15.2. The second-order valence-corrected chi connectivity index (χ2v) is 5.46. The number of nitriles is 1. The molecule has 2 unspecified atom stereocenters. The molecule has 0 radical (unpaired) electrons. The Kier molecular flexibility index (Phi) is 4.38. The van der Waals surface area contributed by atoms with Crippen LogP contribution in [0.4, 0.5) is 0 Å². The van der Waals surface area contributed by atoms with E-state index in [2.05, 4.69) is 43.0 Å². The molecule has 0 N–H and O–H groups in total. The highest BCUT2D eigenvalue weighted by molar-refractivity contribution is 5.25. The minimum absolute atomic E-state index is 0.513. The molecule has 0 spiro atoms. The zero-order chi connectivity index (χ0) is 13.0. The van der Waals surface area contributed by atoms with Gasteiger partial charge in [0.25, 0.3) is 0 Å². The van der Waals surface area contributed by atoms with Crippen molar-refractivity contribution in [3.8, 4) is 6.07 Å². The fourth-order valence-corrected chi connectivity index (χ4v) is 2.93. The quantitative estimate of drug-likeness (QED) is 0.811. The number of nitrogens with zero attached hydrogens (tertiary/aromatic N) is 2. The van der Waals surface area contributed by atoms with Crippen LogP contribution in [0.1, 0.15) is 44.2 Å². The molecule has 1 aromatic carbocycles. The Morgan fingerprint density at radius 3 is 2.56 bits per heavy atom. The molecule has 96 valence electrons. The highest BCUT2D eigenvalue weighted by Gasteiger charge is 2.24. The molecule has 2 atom stereocenters. The Hall–Kier alpha value is -1.33. The molecule has 2 rings (SSSR count). The van der Waals surface area contributed by atoms with Crippen LogP contribution >= 0.6 is 0 Å². The summed E-state index contributed by atoms with van der Waals surface area (Å²) in [6.45, 7) is 5.67. The topological polar surface area (TPSA) is 27.0 Å². The van der Waals surface area contributed by atoms with Gasteiger partial charge in [-0.15, -0.1) is 0 Å². The second kappa shape index (κ2) is 6.02. The van der Waals surface area contributed by atoms with Crippen molar-refractivity contribution >= 4 is 0 Å². The van der Waals surface area contributed by atoms with Crippen LogP contribution in [-0.2, 0) is 13.0 Å². The van der Waals surface area contributed by atoms with E-state index >= 15 is 0 Å². The van der Waals surface area contributed by atoms with Crippen LogP contribution in [0, 0.1) is 11.3 Å². The minimum atomic E-state index is 0.513. The van der Waals surface area contributed by atoms with Gasteiger partial charge in [-0.3, -0.25) is 4.90 Å². The predicted octanol–water partition coefficient (Wildman–Crippen LogP) is 3.52. The van der Waals surface area contributed by atoms with E-state index in [1.807, 2.05) is 6.07 Å². The van der Waals surface area contributed by atoms with Crippen molar-refractivity contribution in [2.45, 2.75) is 58.2 Å². The summed E-state index contributed by atoms with van der Waals surface area (Å²) in [6, 6.07) is 12.0. The van der Waals surface area contributed by atoms with Gasteiger partial charge in [0, 0.05) is 18.6 Å². The Morgan fingerprint density at radius 2 is 1.89 bits per heavy atom. The molecule has 0 aliphatic carbocycles. The largest absolute Gasteiger partial charge is 0.294 e. The van der Waals surface area contributed by atoms with Gasteiger partial charge in [-0.05, 0) is 37.8 Å². The van der Waals surface area contributed by atoms with Crippen LogP contribution in [0.5, 0.6) is 0 Å². The maximum absolute atomic E-state index is 8.76. The van der Waals surface area contributed by atoms with E-state index in [4.69, 9.17) is 5.26 Å². The number of likely N-dealkylation sites (tertiary alicyclic amines) is 1. The van der Waals surface area contributed by atoms with Crippen LogP contribution in [0.15, 0.2) is 24.3 Å². The van der Waals surface area contributed by atoms with Gasteiger partial charge < -0.3 is 0 Å². The third kappa shape index (κ3) is 3.11. The first kappa shape index (κ1) is 13.1. The van der Waals surface area contributed by atoms with E-state index < -0.39 is 0 Å². The van der Waals surface area contributed by atoms with Gasteiger partial charge >= 0.3 is 0 Å². The molecule has 1 heterocycles. The fourth-order valence-electron chi connectivity index (χ4n) is 2.93. The normalized spacial score (nSPS) is 24.7. The molecule has 0 aromatic heterocycles. The van der Waals surface area contributed by atoms with Gasteiger partial charge in [0.15, 0.2) is 0 Å². The van der Waals surface area contributed by atoms with Gasteiger partial charge in [0.05, 0.1) is 12.5 Å². The monoisotopic (exact) mass is 242 g/mol. The Labute approximate surface area is 110 Å². The molecular formula is C16H22N2. The van der Waals surface area contributed by atoms with Crippen molar-refractivity contribution in [3.63, 3.8) is 0 Å². The van der Waals surface area contributed by atoms with Crippen LogP contribution < -0.4 is 0 Å². The summed E-state index contributed by atoms with van der Waals surface area (Å²) in [4.78, 5) is 2.59.